The minimum atomic E-state index is 0.137. The molecule has 0 radical (unpaired) electrons. The van der Waals surface area contributed by atoms with Crippen LogP contribution >= 0.6 is 0 Å². The molecule has 168 valence electrons. The van der Waals surface area contributed by atoms with Crippen molar-refractivity contribution in [2.24, 2.45) is 5.92 Å². The summed E-state index contributed by atoms with van der Waals surface area (Å²) in [6.07, 6.45) is 5.25. The molecule has 1 N–H and O–H groups in total. The van der Waals surface area contributed by atoms with E-state index >= 15 is 0 Å². The SMILES string of the molecule is CCn1c(C)c(CN2CCC(C(=O)N[C@@H]3CCCc4ccccc43)CC2)c2ccccc21. The quantitative estimate of drug-likeness (QED) is 0.592. The van der Waals surface area contributed by atoms with Crippen molar-refractivity contribution in [3.05, 3.63) is 70.9 Å². The van der Waals surface area contributed by atoms with E-state index < -0.39 is 0 Å². The summed E-state index contributed by atoms with van der Waals surface area (Å²) in [5.74, 6) is 0.392. The van der Waals surface area contributed by atoms with Crippen LogP contribution in [-0.2, 0) is 24.3 Å². The molecule has 1 saturated heterocycles. The van der Waals surface area contributed by atoms with Crippen LogP contribution < -0.4 is 5.32 Å². The largest absolute Gasteiger partial charge is 0.349 e. The van der Waals surface area contributed by atoms with Gasteiger partial charge >= 0.3 is 0 Å². The molecule has 0 bridgehead atoms. The molecular weight excluding hydrogens is 394 g/mol. The van der Waals surface area contributed by atoms with Crippen molar-refractivity contribution in [3.8, 4) is 0 Å². The highest BCUT2D eigenvalue weighted by molar-refractivity contribution is 5.85. The van der Waals surface area contributed by atoms with Gasteiger partial charge in [-0.05, 0) is 81.8 Å². The van der Waals surface area contributed by atoms with Crippen LogP contribution in [0.25, 0.3) is 10.9 Å². The lowest BCUT2D eigenvalue weighted by atomic mass is 9.87. The van der Waals surface area contributed by atoms with Gasteiger partial charge in [-0.2, -0.15) is 0 Å². The molecule has 3 aromatic rings. The number of fused-ring (bicyclic) bond motifs is 2. The van der Waals surface area contributed by atoms with Gasteiger partial charge in [0, 0.05) is 35.6 Å². The van der Waals surface area contributed by atoms with Gasteiger partial charge in [-0.15, -0.1) is 0 Å². The van der Waals surface area contributed by atoms with Crippen LogP contribution in [0.1, 0.15) is 61.0 Å². The molecular formula is C28H35N3O. The number of benzene rings is 2. The molecule has 0 spiro atoms. The number of rotatable bonds is 5. The Balaban J connectivity index is 1.22. The van der Waals surface area contributed by atoms with Gasteiger partial charge in [0.05, 0.1) is 6.04 Å². The third-order valence-corrected chi connectivity index (χ3v) is 7.70. The lowest BCUT2D eigenvalue weighted by Gasteiger charge is -2.33. The molecule has 1 aliphatic heterocycles. The third kappa shape index (κ3) is 3.97. The van der Waals surface area contributed by atoms with Gasteiger partial charge in [-0.3, -0.25) is 9.69 Å². The van der Waals surface area contributed by atoms with Gasteiger partial charge < -0.3 is 9.88 Å². The molecule has 2 aliphatic rings. The molecule has 2 aromatic carbocycles. The summed E-state index contributed by atoms with van der Waals surface area (Å²) < 4.78 is 2.42. The fourth-order valence-corrected chi connectivity index (χ4v) is 5.88. The Kier molecular flexibility index (Phi) is 6.05. The summed E-state index contributed by atoms with van der Waals surface area (Å²) in [4.78, 5) is 15.6. The highest BCUT2D eigenvalue weighted by atomic mass is 16.1. The summed E-state index contributed by atoms with van der Waals surface area (Å²) in [6.45, 7) is 8.43. The number of para-hydroxylation sites is 1. The fourth-order valence-electron chi connectivity index (χ4n) is 5.88. The Morgan fingerprint density at radius 2 is 1.78 bits per heavy atom. The minimum absolute atomic E-state index is 0.137. The van der Waals surface area contributed by atoms with Crippen LogP contribution in [-0.4, -0.2) is 28.5 Å². The monoisotopic (exact) mass is 429 g/mol. The topological polar surface area (TPSA) is 37.3 Å². The number of amides is 1. The lowest BCUT2D eigenvalue weighted by molar-refractivity contribution is -0.127. The van der Waals surface area contributed by atoms with Gasteiger partial charge in [-0.25, -0.2) is 0 Å². The van der Waals surface area contributed by atoms with E-state index in [1.165, 1.54) is 33.3 Å². The Bertz CT molecular complexity index is 1110. The van der Waals surface area contributed by atoms with Gasteiger partial charge in [0.2, 0.25) is 5.91 Å². The van der Waals surface area contributed by atoms with Crippen molar-refractivity contribution < 1.29 is 4.79 Å². The van der Waals surface area contributed by atoms with Crippen molar-refractivity contribution in [1.82, 2.24) is 14.8 Å². The number of nitrogens with one attached hydrogen (secondary N) is 1. The smallest absolute Gasteiger partial charge is 0.223 e. The van der Waals surface area contributed by atoms with Gasteiger partial charge in [0.1, 0.15) is 0 Å². The zero-order valence-electron chi connectivity index (χ0n) is 19.4. The second-order valence-electron chi connectivity index (χ2n) is 9.53. The number of piperidine rings is 1. The standard InChI is InChI=1S/C28H35N3O/c1-3-31-20(2)25(24-12-6-7-14-27(24)31)19-30-17-15-22(16-18-30)28(32)29-26-13-8-10-21-9-4-5-11-23(21)26/h4-7,9,11-12,14,22,26H,3,8,10,13,15-19H2,1-2H3,(H,29,32)/t26-/m1/s1. The van der Waals surface area contributed by atoms with Crippen molar-refractivity contribution in [3.63, 3.8) is 0 Å². The summed E-state index contributed by atoms with van der Waals surface area (Å²) in [5.41, 5.74) is 6.89. The first kappa shape index (κ1) is 21.3. The third-order valence-electron chi connectivity index (χ3n) is 7.70. The Hall–Kier alpha value is -2.59. The van der Waals surface area contributed by atoms with E-state index in [0.29, 0.717) is 0 Å². The Morgan fingerprint density at radius 1 is 1.03 bits per heavy atom. The molecule has 4 nitrogen and oxygen atoms in total. The molecule has 1 aromatic heterocycles. The number of likely N-dealkylation sites (tertiary alicyclic amines) is 1. The van der Waals surface area contributed by atoms with E-state index in [-0.39, 0.29) is 17.9 Å². The zero-order chi connectivity index (χ0) is 22.1. The summed E-state index contributed by atoms with van der Waals surface area (Å²) in [6, 6.07) is 17.6. The maximum Gasteiger partial charge on any atom is 0.223 e. The van der Waals surface area contributed by atoms with E-state index in [4.69, 9.17) is 0 Å². The molecule has 4 heteroatoms. The lowest BCUT2D eigenvalue weighted by Crippen LogP contribution is -2.41. The van der Waals surface area contributed by atoms with Crippen LogP contribution in [0.3, 0.4) is 0 Å². The molecule has 0 saturated carbocycles. The molecule has 2 heterocycles. The van der Waals surface area contributed by atoms with E-state index in [9.17, 15) is 4.79 Å². The number of carbonyl (C=O) groups excluding carboxylic acids is 1. The van der Waals surface area contributed by atoms with Crippen molar-refractivity contribution in [1.29, 1.82) is 0 Å². The predicted octanol–water partition coefficient (Wildman–Crippen LogP) is 5.38. The van der Waals surface area contributed by atoms with Crippen LogP contribution in [0.4, 0.5) is 0 Å². The summed E-state index contributed by atoms with van der Waals surface area (Å²) in [5, 5.41) is 4.77. The number of nitrogens with zero attached hydrogens (tertiary/aromatic N) is 2. The maximum atomic E-state index is 13.1. The molecule has 5 rings (SSSR count). The molecule has 1 amide bonds. The summed E-state index contributed by atoms with van der Waals surface area (Å²) >= 11 is 0. The van der Waals surface area contributed by atoms with Crippen molar-refractivity contribution in [2.45, 2.75) is 65.1 Å². The number of aryl methyl sites for hydroxylation is 2. The highest BCUT2D eigenvalue weighted by Gasteiger charge is 2.29. The first-order valence-electron chi connectivity index (χ1n) is 12.3. The second kappa shape index (κ2) is 9.11. The van der Waals surface area contributed by atoms with Crippen molar-refractivity contribution in [2.75, 3.05) is 13.1 Å². The first-order chi connectivity index (χ1) is 15.7. The van der Waals surface area contributed by atoms with Crippen LogP contribution in [0.15, 0.2) is 48.5 Å². The average Bonchev–Trinajstić information content (AvgIpc) is 3.10. The Morgan fingerprint density at radius 3 is 2.59 bits per heavy atom. The van der Waals surface area contributed by atoms with E-state index in [1.807, 2.05) is 0 Å². The van der Waals surface area contributed by atoms with E-state index in [2.05, 4.69) is 77.2 Å². The van der Waals surface area contributed by atoms with E-state index in [1.54, 1.807) is 0 Å². The maximum absolute atomic E-state index is 13.1. The minimum Gasteiger partial charge on any atom is -0.349 e. The normalized spacial score (nSPS) is 19.8. The molecule has 0 unspecified atom stereocenters. The molecule has 1 aliphatic carbocycles. The zero-order valence-corrected chi connectivity index (χ0v) is 19.4. The van der Waals surface area contributed by atoms with Crippen molar-refractivity contribution >= 4 is 16.8 Å². The van der Waals surface area contributed by atoms with Crippen LogP contribution in [0.2, 0.25) is 0 Å². The van der Waals surface area contributed by atoms with Crippen LogP contribution in [0, 0.1) is 12.8 Å². The fraction of sp³-hybridized carbons (Fsp3) is 0.464. The van der Waals surface area contributed by atoms with Gasteiger partial charge in [0.15, 0.2) is 0 Å². The first-order valence-corrected chi connectivity index (χ1v) is 12.3. The van der Waals surface area contributed by atoms with Gasteiger partial charge in [-0.1, -0.05) is 42.5 Å². The molecule has 1 atom stereocenters. The Labute approximate surface area is 191 Å². The summed E-state index contributed by atoms with van der Waals surface area (Å²) in [7, 11) is 0. The average molecular weight is 430 g/mol. The molecule has 1 fully saturated rings. The van der Waals surface area contributed by atoms with Gasteiger partial charge in [0.25, 0.3) is 0 Å². The van der Waals surface area contributed by atoms with Crippen LogP contribution in [0.5, 0.6) is 0 Å². The number of hydrogen-bond acceptors (Lipinski definition) is 2. The van der Waals surface area contributed by atoms with E-state index in [0.717, 1.165) is 58.3 Å². The predicted molar refractivity (Wildman–Crippen MR) is 131 cm³/mol. The number of carbonyl (C=O) groups is 1. The molecule has 32 heavy (non-hydrogen) atoms. The second-order valence-corrected chi connectivity index (χ2v) is 9.53. The highest BCUT2D eigenvalue weighted by Crippen LogP contribution is 2.31. The number of hydrogen-bond donors (Lipinski definition) is 1. The number of aromatic nitrogens is 1.